The summed E-state index contributed by atoms with van der Waals surface area (Å²) in [5.74, 6) is 0. The van der Waals surface area contributed by atoms with Gasteiger partial charge in [0.15, 0.2) is 5.43 Å². The molecule has 2 atom stereocenters. The van der Waals surface area contributed by atoms with Gasteiger partial charge in [-0.15, -0.1) is 0 Å². The Balaban J connectivity index is 1.67. The zero-order valence-electron chi connectivity index (χ0n) is 16.5. The number of pyridine rings is 1. The number of aryl methyl sites for hydroxylation is 1. The molecule has 2 aliphatic rings. The summed E-state index contributed by atoms with van der Waals surface area (Å²) in [5, 5.41) is 0.772. The summed E-state index contributed by atoms with van der Waals surface area (Å²) in [6.07, 6.45) is 0.392. The molecule has 2 aromatic rings. The Morgan fingerprint density at radius 1 is 1.15 bits per heavy atom. The van der Waals surface area contributed by atoms with Gasteiger partial charge >= 0.3 is 0 Å². The van der Waals surface area contributed by atoms with Crippen LogP contribution in [0, 0.1) is 6.92 Å². The second kappa shape index (κ2) is 7.62. The van der Waals surface area contributed by atoms with Crippen LogP contribution in [0.4, 0.5) is 5.69 Å². The highest BCUT2D eigenvalue weighted by molar-refractivity contribution is 5.83. The number of benzene rings is 1. The van der Waals surface area contributed by atoms with Crippen LogP contribution in [0.3, 0.4) is 0 Å². The summed E-state index contributed by atoms with van der Waals surface area (Å²) in [5.41, 5.74) is 3.96. The van der Waals surface area contributed by atoms with Crippen LogP contribution in [0.25, 0.3) is 10.9 Å². The van der Waals surface area contributed by atoms with Crippen LogP contribution in [-0.2, 0) is 16.0 Å². The van der Waals surface area contributed by atoms with E-state index < -0.39 is 0 Å². The maximum absolute atomic E-state index is 13.3. The van der Waals surface area contributed by atoms with Crippen LogP contribution < -0.4 is 10.3 Å². The lowest BCUT2D eigenvalue weighted by Crippen LogP contribution is -2.45. The van der Waals surface area contributed by atoms with Gasteiger partial charge in [-0.1, -0.05) is 0 Å². The number of anilines is 1. The third-order valence-electron chi connectivity index (χ3n) is 5.55. The number of H-pyrrole nitrogens is 1. The van der Waals surface area contributed by atoms with Crippen molar-refractivity contribution in [3.63, 3.8) is 0 Å². The van der Waals surface area contributed by atoms with E-state index in [1.165, 1.54) is 0 Å². The number of aromatic amines is 1. The van der Waals surface area contributed by atoms with Crippen LogP contribution in [-0.4, -0.2) is 61.5 Å². The first kappa shape index (κ1) is 18.5. The molecule has 1 N–H and O–H groups in total. The molecule has 1 aromatic carbocycles. The fraction of sp³-hybridized carbons (Fsp3) is 0.571. The number of aromatic nitrogens is 1. The van der Waals surface area contributed by atoms with E-state index in [0.29, 0.717) is 6.54 Å². The van der Waals surface area contributed by atoms with Crippen LogP contribution in [0.15, 0.2) is 23.0 Å². The van der Waals surface area contributed by atoms with Crippen molar-refractivity contribution in [1.82, 2.24) is 9.88 Å². The van der Waals surface area contributed by atoms with Crippen molar-refractivity contribution in [2.75, 3.05) is 44.3 Å². The van der Waals surface area contributed by atoms with Crippen molar-refractivity contribution in [1.29, 1.82) is 0 Å². The molecule has 2 saturated heterocycles. The highest BCUT2D eigenvalue weighted by atomic mass is 16.5. The lowest BCUT2D eigenvalue weighted by Gasteiger charge is -2.35. The molecule has 2 aliphatic heterocycles. The van der Waals surface area contributed by atoms with E-state index in [-0.39, 0.29) is 17.6 Å². The maximum atomic E-state index is 13.3. The molecule has 0 aliphatic carbocycles. The van der Waals surface area contributed by atoms with Crippen molar-refractivity contribution < 1.29 is 9.47 Å². The highest BCUT2D eigenvalue weighted by Gasteiger charge is 2.24. The first-order valence-corrected chi connectivity index (χ1v) is 9.87. The van der Waals surface area contributed by atoms with Gasteiger partial charge in [0.25, 0.3) is 0 Å². The predicted octanol–water partition coefficient (Wildman–Crippen LogP) is 2.28. The number of hydrogen-bond donors (Lipinski definition) is 1. The first-order chi connectivity index (χ1) is 13.0. The Morgan fingerprint density at radius 2 is 1.85 bits per heavy atom. The third-order valence-corrected chi connectivity index (χ3v) is 5.55. The van der Waals surface area contributed by atoms with E-state index in [4.69, 9.17) is 9.47 Å². The molecule has 0 bridgehead atoms. The van der Waals surface area contributed by atoms with Crippen LogP contribution >= 0.6 is 0 Å². The smallest absolute Gasteiger partial charge is 0.194 e. The summed E-state index contributed by atoms with van der Waals surface area (Å²) in [6, 6.07) is 6.15. The monoisotopic (exact) mass is 371 g/mol. The molecular formula is C21H29N3O3. The fourth-order valence-corrected chi connectivity index (χ4v) is 4.29. The first-order valence-electron chi connectivity index (χ1n) is 9.87. The lowest BCUT2D eigenvalue weighted by atomic mass is 10.1. The summed E-state index contributed by atoms with van der Waals surface area (Å²) in [4.78, 5) is 21.4. The minimum Gasteiger partial charge on any atom is -0.378 e. The van der Waals surface area contributed by atoms with E-state index in [2.05, 4.69) is 34.7 Å². The topological polar surface area (TPSA) is 57.8 Å². The minimum absolute atomic E-state index is 0.142. The summed E-state index contributed by atoms with van der Waals surface area (Å²) < 4.78 is 11.3. The fourth-order valence-electron chi connectivity index (χ4n) is 4.29. The van der Waals surface area contributed by atoms with Crippen molar-refractivity contribution in [2.45, 2.75) is 39.5 Å². The van der Waals surface area contributed by atoms with Crippen LogP contribution in [0.2, 0.25) is 0 Å². The molecule has 2 unspecified atom stereocenters. The number of nitrogens with one attached hydrogen (secondary N) is 1. The molecule has 6 heteroatoms. The molecule has 27 heavy (non-hydrogen) atoms. The summed E-state index contributed by atoms with van der Waals surface area (Å²) in [6.45, 7) is 11.8. The SMILES string of the molecule is Cc1[nH]c2ccc(N3CCOCC3)cc2c(=O)c1CN1CC(C)OC(C)C1. The van der Waals surface area contributed by atoms with Gasteiger partial charge in [-0.25, -0.2) is 0 Å². The quantitative estimate of drug-likeness (QED) is 0.897. The molecule has 1 aromatic heterocycles. The molecule has 4 rings (SSSR count). The van der Waals surface area contributed by atoms with Crippen LogP contribution in [0.1, 0.15) is 25.1 Å². The van der Waals surface area contributed by atoms with Gasteiger partial charge in [0.2, 0.25) is 0 Å². The Morgan fingerprint density at radius 3 is 2.56 bits per heavy atom. The second-order valence-corrected chi connectivity index (χ2v) is 7.84. The average molecular weight is 371 g/mol. The van der Waals surface area contributed by atoms with Crippen LogP contribution in [0.5, 0.6) is 0 Å². The highest BCUT2D eigenvalue weighted by Crippen LogP contribution is 2.22. The predicted molar refractivity (Wildman–Crippen MR) is 108 cm³/mol. The molecule has 2 fully saturated rings. The standard InChI is InChI=1S/C21H29N3O3/c1-14-11-23(12-15(2)27-14)13-19-16(3)22-20-5-4-17(10-18(20)21(19)25)24-6-8-26-9-7-24/h4-5,10,14-15H,6-9,11-13H2,1-3H3,(H,22,25). The van der Waals surface area contributed by atoms with Gasteiger partial charge in [-0.05, 0) is 39.0 Å². The van der Waals surface area contributed by atoms with E-state index in [1.54, 1.807) is 0 Å². The maximum Gasteiger partial charge on any atom is 0.194 e. The summed E-state index contributed by atoms with van der Waals surface area (Å²) >= 11 is 0. The second-order valence-electron chi connectivity index (χ2n) is 7.84. The number of morpholine rings is 2. The van der Waals surface area contributed by atoms with Crippen molar-refractivity contribution in [2.24, 2.45) is 0 Å². The largest absolute Gasteiger partial charge is 0.378 e. The zero-order chi connectivity index (χ0) is 19.0. The normalized spacial score (nSPS) is 24.5. The zero-order valence-corrected chi connectivity index (χ0v) is 16.5. The van der Waals surface area contributed by atoms with E-state index in [1.807, 2.05) is 19.1 Å². The molecule has 6 nitrogen and oxygen atoms in total. The van der Waals surface area contributed by atoms with Crippen molar-refractivity contribution in [3.05, 3.63) is 39.7 Å². The van der Waals surface area contributed by atoms with E-state index >= 15 is 0 Å². The molecule has 0 spiro atoms. The number of rotatable bonds is 3. The van der Waals surface area contributed by atoms with Crippen molar-refractivity contribution in [3.8, 4) is 0 Å². The Bertz CT molecular complexity index is 863. The van der Waals surface area contributed by atoms with Gasteiger partial charge in [0.05, 0.1) is 25.4 Å². The number of ether oxygens (including phenoxy) is 2. The molecular weight excluding hydrogens is 342 g/mol. The molecule has 0 saturated carbocycles. The number of fused-ring (bicyclic) bond motifs is 1. The Kier molecular flexibility index (Phi) is 5.21. The number of hydrogen-bond acceptors (Lipinski definition) is 5. The average Bonchev–Trinajstić information content (AvgIpc) is 2.65. The molecule has 0 amide bonds. The molecule has 3 heterocycles. The lowest BCUT2D eigenvalue weighted by molar-refractivity contribution is -0.0706. The van der Waals surface area contributed by atoms with Gasteiger partial charge in [-0.3, -0.25) is 9.69 Å². The minimum atomic E-state index is 0.142. The van der Waals surface area contributed by atoms with E-state index in [0.717, 1.165) is 67.2 Å². The van der Waals surface area contributed by atoms with E-state index in [9.17, 15) is 4.79 Å². The third kappa shape index (κ3) is 3.88. The van der Waals surface area contributed by atoms with Gasteiger partial charge in [0, 0.05) is 60.6 Å². The van der Waals surface area contributed by atoms with Gasteiger partial charge in [-0.2, -0.15) is 0 Å². The van der Waals surface area contributed by atoms with Crippen molar-refractivity contribution >= 4 is 16.6 Å². The molecule has 146 valence electrons. The Labute approximate surface area is 160 Å². The number of nitrogens with zero attached hydrogens (tertiary/aromatic N) is 2. The summed E-state index contributed by atoms with van der Waals surface area (Å²) in [7, 11) is 0. The van der Waals surface area contributed by atoms with Gasteiger partial charge < -0.3 is 19.4 Å². The van der Waals surface area contributed by atoms with Gasteiger partial charge in [0.1, 0.15) is 0 Å². The molecule has 0 radical (unpaired) electrons. The Hall–Kier alpha value is -1.89.